The summed E-state index contributed by atoms with van der Waals surface area (Å²) in [5.74, 6) is 0.765. The van der Waals surface area contributed by atoms with Gasteiger partial charge in [-0.25, -0.2) is 4.79 Å². The van der Waals surface area contributed by atoms with E-state index in [1.54, 1.807) is 24.9 Å². The van der Waals surface area contributed by atoms with Gasteiger partial charge in [-0.3, -0.25) is 4.90 Å². The molecule has 0 saturated heterocycles. The van der Waals surface area contributed by atoms with Crippen molar-refractivity contribution in [2.45, 2.75) is 152 Å². The lowest BCUT2D eigenvalue weighted by Gasteiger charge is -2.59. The topological polar surface area (TPSA) is 119 Å². The Morgan fingerprint density at radius 1 is 0.905 bits per heavy atom. The smallest absolute Gasteiger partial charge is 0.410 e. The Bertz CT molecular complexity index is 1710. The average Bonchev–Trinajstić information content (AvgIpc) is 3.30. The second-order valence-electron chi connectivity index (χ2n) is 17.5. The number of aliphatic hydroxyl groups excluding tert-OH is 2. The average molecular weight is 891 g/mol. The minimum Gasteiger partial charge on any atom is -0.493 e. The molecule has 5 rings (SSSR count). The van der Waals surface area contributed by atoms with Gasteiger partial charge in [-0.2, -0.15) is 0 Å². The second-order valence-corrected chi connectivity index (χ2v) is 18.6. The van der Waals surface area contributed by atoms with Crippen molar-refractivity contribution in [3.63, 3.8) is 0 Å². The highest BCUT2D eigenvalue weighted by atomic mass is 32.2. The number of oxime groups is 1. The Morgan fingerprint density at radius 2 is 1.62 bits per heavy atom. The van der Waals surface area contributed by atoms with E-state index in [0.29, 0.717) is 44.8 Å². The summed E-state index contributed by atoms with van der Waals surface area (Å²) in [6.07, 6.45) is 21.7. The van der Waals surface area contributed by atoms with Crippen molar-refractivity contribution in [3.05, 3.63) is 78.4 Å². The zero-order valence-corrected chi connectivity index (χ0v) is 39.5. The Morgan fingerprint density at radius 3 is 2.30 bits per heavy atom. The molecular weight excluding hydrogens is 813 g/mol. The van der Waals surface area contributed by atoms with Crippen LogP contribution in [0.25, 0.3) is 0 Å². The van der Waals surface area contributed by atoms with Gasteiger partial charge in [0.2, 0.25) is 5.79 Å². The number of hydrogen-bond acceptors (Lipinski definition) is 10. The van der Waals surface area contributed by atoms with Gasteiger partial charge in [0.25, 0.3) is 0 Å². The number of allylic oxidation sites excluding steroid dienone is 1. The van der Waals surface area contributed by atoms with Crippen molar-refractivity contribution in [2.24, 2.45) is 22.9 Å². The Kier molecular flexibility index (Phi) is 22.2. The van der Waals surface area contributed by atoms with Crippen molar-refractivity contribution in [1.82, 2.24) is 4.90 Å². The Hall–Kier alpha value is -3.51. The SMILES string of the molecule is C=CCO[C@@]12Oc3ccc(OCCSc4ccccc4)cc3[C@H]3[C@H](CCCCO)[C@@H](CCCCO)C=C(C(=NOC)C[C@@H]1N(CCC)C(=O)OCCCCCCCCCCCC)[C@H]32. The van der Waals surface area contributed by atoms with Crippen LogP contribution >= 0.6 is 11.8 Å². The summed E-state index contributed by atoms with van der Waals surface area (Å²) in [6, 6.07) is 15.9. The van der Waals surface area contributed by atoms with Crippen molar-refractivity contribution >= 4 is 23.6 Å². The number of rotatable bonds is 31. The molecule has 350 valence electrons. The first kappa shape index (κ1) is 50.5. The molecule has 0 aromatic heterocycles. The molecule has 2 aromatic rings. The minimum atomic E-state index is -1.31. The molecule has 0 spiro atoms. The Labute approximate surface area is 383 Å². The molecule has 3 aliphatic rings. The molecule has 11 heteroatoms. The van der Waals surface area contributed by atoms with E-state index in [-0.39, 0.29) is 49.6 Å². The number of carbonyl (C=O) groups excluding carboxylic acids is 1. The number of thioether (sulfide) groups is 1. The maximum atomic E-state index is 14.5. The molecule has 0 radical (unpaired) electrons. The maximum Gasteiger partial charge on any atom is 0.410 e. The molecule has 10 nitrogen and oxygen atoms in total. The quantitative estimate of drug-likeness (QED) is 0.0330. The molecule has 6 atom stereocenters. The summed E-state index contributed by atoms with van der Waals surface area (Å²) in [7, 11) is 1.58. The van der Waals surface area contributed by atoms with Crippen LogP contribution in [-0.4, -0.2) is 91.2 Å². The van der Waals surface area contributed by atoms with E-state index < -0.39 is 11.8 Å². The minimum absolute atomic E-state index is 0.116. The number of ether oxygens (including phenoxy) is 4. The molecule has 0 unspecified atom stereocenters. The second kappa shape index (κ2) is 27.7. The van der Waals surface area contributed by atoms with Crippen LogP contribution in [0.15, 0.2) is 82.9 Å². The van der Waals surface area contributed by atoms with Crippen molar-refractivity contribution in [3.8, 4) is 11.5 Å². The standard InChI is InChI=1S/C52H78N2O8S/c1-5-8-9-10-11-12-13-14-15-23-34-60-51(57)54(30-6-2)48-39-46(53-58-4)44-37-40(24-19-21-31-55)43(27-20-22-32-56)49-45-38-41(59-35-36-63-42-25-17-16-18-26-42)28-29-47(45)62-52(48,50(44)49)61-33-7-3/h7,16-18,25-26,28-29,37-38,40,43,48-50,55-56H,3,5-6,8-15,19-24,27,30-36,39H2,1-2,4H3/t40-,43+,48-,49+,50+,52+/m0/s1. The van der Waals surface area contributed by atoms with Gasteiger partial charge in [0.05, 0.1) is 31.5 Å². The highest BCUT2D eigenvalue weighted by molar-refractivity contribution is 7.99. The zero-order chi connectivity index (χ0) is 44.7. The van der Waals surface area contributed by atoms with Crippen molar-refractivity contribution in [2.75, 3.05) is 52.4 Å². The van der Waals surface area contributed by atoms with Crippen LogP contribution in [0.1, 0.15) is 141 Å². The summed E-state index contributed by atoms with van der Waals surface area (Å²) in [5.41, 5.74) is 2.83. The van der Waals surface area contributed by atoms with Crippen LogP contribution in [-0.2, 0) is 14.3 Å². The number of fused-ring (bicyclic) bond motifs is 2. The number of aliphatic hydroxyl groups is 2. The molecule has 2 aromatic carbocycles. The van der Waals surface area contributed by atoms with Gasteiger partial charge in [-0.05, 0) is 86.3 Å². The van der Waals surface area contributed by atoms with Crippen LogP contribution in [0.3, 0.4) is 0 Å². The third kappa shape index (κ3) is 14.0. The summed E-state index contributed by atoms with van der Waals surface area (Å²) < 4.78 is 27.0. The third-order valence-electron chi connectivity index (χ3n) is 13.0. The van der Waals surface area contributed by atoms with Crippen LogP contribution in [0, 0.1) is 17.8 Å². The largest absolute Gasteiger partial charge is 0.493 e. The number of hydrogen-bond donors (Lipinski definition) is 2. The first-order valence-electron chi connectivity index (χ1n) is 24.3. The van der Waals surface area contributed by atoms with E-state index in [1.807, 2.05) is 23.1 Å². The van der Waals surface area contributed by atoms with Crippen LogP contribution < -0.4 is 9.47 Å². The van der Waals surface area contributed by atoms with E-state index in [2.05, 4.69) is 56.8 Å². The van der Waals surface area contributed by atoms with Gasteiger partial charge < -0.3 is 34.0 Å². The van der Waals surface area contributed by atoms with E-state index in [9.17, 15) is 15.0 Å². The molecular formula is C52H78N2O8S. The molecule has 1 aliphatic heterocycles. The fourth-order valence-corrected chi connectivity index (χ4v) is 10.9. The molecule has 1 amide bonds. The van der Waals surface area contributed by atoms with E-state index in [4.69, 9.17) is 28.9 Å². The molecule has 2 aliphatic carbocycles. The van der Waals surface area contributed by atoms with Gasteiger partial charge in [-0.1, -0.05) is 120 Å². The number of nitrogens with zero attached hydrogens (tertiary/aromatic N) is 2. The number of carbonyl (C=O) groups is 1. The highest BCUT2D eigenvalue weighted by Gasteiger charge is 2.65. The number of benzene rings is 2. The van der Waals surface area contributed by atoms with Gasteiger partial charge in [0.15, 0.2) is 0 Å². The normalized spacial score (nSPS) is 23.0. The van der Waals surface area contributed by atoms with Gasteiger partial charge in [0.1, 0.15) is 24.7 Å². The lowest BCUT2D eigenvalue weighted by Crippen LogP contribution is -2.70. The van der Waals surface area contributed by atoms with Gasteiger partial charge in [0, 0.05) is 48.3 Å². The highest BCUT2D eigenvalue weighted by Crippen LogP contribution is 2.62. The summed E-state index contributed by atoms with van der Waals surface area (Å²) >= 11 is 1.76. The Balaban J connectivity index is 1.50. The summed E-state index contributed by atoms with van der Waals surface area (Å²) in [4.78, 5) is 23.1. The summed E-state index contributed by atoms with van der Waals surface area (Å²) in [6.45, 7) is 10.2. The van der Waals surface area contributed by atoms with Crippen molar-refractivity contribution < 1.29 is 38.8 Å². The third-order valence-corrected chi connectivity index (χ3v) is 14.0. The molecule has 63 heavy (non-hydrogen) atoms. The number of amides is 1. The van der Waals surface area contributed by atoms with Crippen LogP contribution in [0.4, 0.5) is 4.79 Å². The van der Waals surface area contributed by atoms with Crippen molar-refractivity contribution in [1.29, 1.82) is 0 Å². The van der Waals surface area contributed by atoms with E-state index >= 15 is 0 Å². The lowest BCUT2D eigenvalue weighted by atomic mass is 9.55. The number of unbranched alkanes of at least 4 members (excludes halogenated alkanes) is 11. The summed E-state index contributed by atoms with van der Waals surface area (Å²) in [5, 5.41) is 24.5. The molecule has 1 heterocycles. The van der Waals surface area contributed by atoms with Gasteiger partial charge in [-0.15, -0.1) is 18.3 Å². The zero-order valence-electron chi connectivity index (χ0n) is 38.7. The van der Waals surface area contributed by atoms with Crippen LogP contribution in [0.5, 0.6) is 11.5 Å². The molecule has 0 bridgehead atoms. The molecule has 1 saturated carbocycles. The monoisotopic (exact) mass is 891 g/mol. The fraction of sp³-hybridized carbons (Fsp3) is 0.654. The van der Waals surface area contributed by atoms with Gasteiger partial charge >= 0.3 is 6.09 Å². The maximum absolute atomic E-state index is 14.5. The molecule has 2 N–H and O–H groups in total. The predicted molar refractivity (Wildman–Crippen MR) is 255 cm³/mol. The first-order valence-corrected chi connectivity index (χ1v) is 25.3. The molecule has 1 fully saturated rings. The lowest BCUT2D eigenvalue weighted by molar-refractivity contribution is -0.255. The van der Waals surface area contributed by atoms with E-state index in [1.165, 1.54) is 49.8 Å². The van der Waals surface area contributed by atoms with Crippen LogP contribution in [0.2, 0.25) is 0 Å². The first-order chi connectivity index (χ1) is 31.0. The van der Waals surface area contributed by atoms with E-state index in [0.717, 1.165) is 79.7 Å². The predicted octanol–water partition coefficient (Wildman–Crippen LogP) is 11.9. The fourth-order valence-electron chi connectivity index (χ4n) is 10.1.